The highest BCUT2D eigenvalue weighted by molar-refractivity contribution is 9.10. The molecule has 0 aromatic heterocycles. The Morgan fingerprint density at radius 1 is 1.07 bits per heavy atom. The van der Waals surface area contributed by atoms with E-state index in [9.17, 15) is 14.9 Å². The van der Waals surface area contributed by atoms with Gasteiger partial charge < -0.3 is 5.32 Å². The van der Waals surface area contributed by atoms with Crippen molar-refractivity contribution in [3.05, 3.63) is 104 Å². The van der Waals surface area contributed by atoms with Gasteiger partial charge in [-0.05, 0) is 36.8 Å². The molecule has 0 amide bonds. The van der Waals surface area contributed by atoms with E-state index in [0.29, 0.717) is 11.1 Å². The average molecular weight is 439 g/mol. The molecular formula is C22H19BrN2O3. The van der Waals surface area contributed by atoms with E-state index >= 15 is 0 Å². The summed E-state index contributed by atoms with van der Waals surface area (Å²) in [6.45, 7) is 1.97. The third-order valence-electron chi connectivity index (χ3n) is 4.43. The third kappa shape index (κ3) is 5.04. The normalized spacial score (nSPS) is 11.6. The predicted molar refractivity (Wildman–Crippen MR) is 114 cm³/mol. The number of non-ortho nitro benzene ring substituents is 1. The molecule has 3 aromatic carbocycles. The molecule has 0 aliphatic heterocycles. The van der Waals surface area contributed by atoms with Crippen molar-refractivity contribution in [1.82, 2.24) is 0 Å². The molecule has 0 saturated carbocycles. The number of hydrogen-bond acceptors (Lipinski definition) is 4. The third-order valence-corrected chi connectivity index (χ3v) is 4.96. The van der Waals surface area contributed by atoms with Crippen LogP contribution in [0.5, 0.6) is 0 Å². The largest absolute Gasteiger partial charge is 0.378 e. The highest BCUT2D eigenvalue weighted by atomic mass is 79.9. The molecule has 1 unspecified atom stereocenters. The van der Waals surface area contributed by atoms with Gasteiger partial charge in [0, 0.05) is 34.3 Å². The molecule has 0 heterocycles. The van der Waals surface area contributed by atoms with E-state index in [-0.39, 0.29) is 17.9 Å². The van der Waals surface area contributed by atoms with Gasteiger partial charge in [-0.1, -0.05) is 57.9 Å². The number of ketones is 1. The molecule has 0 aliphatic rings. The average Bonchev–Trinajstić information content (AvgIpc) is 2.69. The highest BCUT2D eigenvalue weighted by Crippen LogP contribution is 2.28. The highest BCUT2D eigenvalue weighted by Gasteiger charge is 2.19. The van der Waals surface area contributed by atoms with Gasteiger partial charge in [0.2, 0.25) is 0 Å². The first kappa shape index (κ1) is 19.8. The number of aryl methyl sites for hydroxylation is 1. The molecular weight excluding hydrogens is 420 g/mol. The van der Waals surface area contributed by atoms with Crippen LogP contribution in [0.4, 0.5) is 11.4 Å². The first-order valence-corrected chi connectivity index (χ1v) is 9.58. The smallest absolute Gasteiger partial charge is 0.269 e. The van der Waals surface area contributed by atoms with Gasteiger partial charge in [0.05, 0.1) is 11.0 Å². The maximum Gasteiger partial charge on any atom is 0.269 e. The molecule has 0 aliphatic carbocycles. The zero-order valence-corrected chi connectivity index (χ0v) is 16.8. The summed E-state index contributed by atoms with van der Waals surface area (Å²) in [5.41, 5.74) is 3.23. The van der Waals surface area contributed by atoms with E-state index in [1.54, 1.807) is 12.1 Å². The molecule has 0 saturated heterocycles. The summed E-state index contributed by atoms with van der Waals surface area (Å²) >= 11 is 3.40. The van der Waals surface area contributed by atoms with E-state index in [2.05, 4.69) is 21.2 Å². The quantitative estimate of drug-likeness (QED) is 0.275. The number of nitrogens with zero attached hydrogens (tertiary/aromatic N) is 1. The lowest BCUT2D eigenvalue weighted by Gasteiger charge is -2.20. The lowest BCUT2D eigenvalue weighted by molar-refractivity contribution is -0.384. The van der Waals surface area contributed by atoms with Gasteiger partial charge in [-0.15, -0.1) is 0 Å². The van der Waals surface area contributed by atoms with Crippen LogP contribution in [0.25, 0.3) is 0 Å². The molecule has 3 rings (SSSR count). The number of nitrogens with one attached hydrogen (secondary N) is 1. The molecule has 28 heavy (non-hydrogen) atoms. The minimum Gasteiger partial charge on any atom is -0.378 e. The molecule has 5 nitrogen and oxygen atoms in total. The van der Waals surface area contributed by atoms with E-state index in [0.717, 1.165) is 15.7 Å². The van der Waals surface area contributed by atoms with Gasteiger partial charge in [-0.3, -0.25) is 14.9 Å². The summed E-state index contributed by atoms with van der Waals surface area (Å²) in [6.07, 6.45) is 0.181. The van der Waals surface area contributed by atoms with Gasteiger partial charge in [0.25, 0.3) is 5.69 Å². The molecule has 142 valence electrons. The van der Waals surface area contributed by atoms with Crippen LogP contribution in [-0.2, 0) is 0 Å². The number of hydrogen-bond donors (Lipinski definition) is 1. The number of halogens is 1. The minimum atomic E-state index is -0.429. The van der Waals surface area contributed by atoms with Crippen molar-refractivity contribution < 1.29 is 9.72 Å². The van der Waals surface area contributed by atoms with Crippen LogP contribution in [0.15, 0.2) is 77.3 Å². The topological polar surface area (TPSA) is 72.2 Å². The SMILES string of the molecule is Cc1ccc(C(=O)CC(Nc2ccc(Br)cc2)c2cccc([N+](=O)[O-])c2)cc1. The predicted octanol–water partition coefficient (Wildman–Crippen LogP) is 6.09. The maximum absolute atomic E-state index is 12.8. The number of rotatable bonds is 7. The first-order chi connectivity index (χ1) is 13.4. The number of benzene rings is 3. The number of carbonyl (C=O) groups excluding carboxylic acids is 1. The van der Waals surface area contributed by atoms with Crippen LogP contribution in [0.3, 0.4) is 0 Å². The summed E-state index contributed by atoms with van der Waals surface area (Å²) in [7, 11) is 0. The van der Waals surface area contributed by atoms with Crippen molar-refractivity contribution in [2.45, 2.75) is 19.4 Å². The number of Topliss-reactive ketones (excluding diaryl/α,β-unsaturated/α-hetero) is 1. The number of anilines is 1. The number of nitro groups is 1. The van der Waals surface area contributed by atoms with Crippen LogP contribution in [0.2, 0.25) is 0 Å². The van der Waals surface area contributed by atoms with Crippen LogP contribution in [-0.4, -0.2) is 10.7 Å². The lowest BCUT2D eigenvalue weighted by atomic mass is 9.96. The Kier molecular flexibility index (Phi) is 6.21. The van der Waals surface area contributed by atoms with E-state index < -0.39 is 11.0 Å². The Labute approximate surface area is 171 Å². The van der Waals surface area contributed by atoms with Crippen molar-refractivity contribution in [2.75, 3.05) is 5.32 Å². The zero-order chi connectivity index (χ0) is 20.1. The van der Waals surface area contributed by atoms with Crippen LogP contribution in [0.1, 0.15) is 33.9 Å². The molecule has 3 aromatic rings. The Balaban J connectivity index is 1.90. The van der Waals surface area contributed by atoms with E-state index in [4.69, 9.17) is 0 Å². The summed E-state index contributed by atoms with van der Waals surface area (Å²) in [5.74, 6) is -0.0267. The molecule has 1 N–H and O–H groups in total. The van der Waals surface area contributed by atoms with Crippen molar-refractivity contribution in [2.24, 2.45) is 0 Å². The van der Waals surface area contributed by atoms with Crippen LogP contribution < -0.4 is 5.32 Å². The Morgan fingerprint density at radius 2 is 1.75 bits per heavy atom. The fourth-order valence-electron chi connectivity index (χ4n) is 2.90. The minimum absolute atomic E-state index is 0.00268. The second-order valence-corrected chi connectivity index (χ2v) is 7.46. The van der Waals surface area contributed by atoms with Gasteiger partial charge >= 0.3 is 0 Å². The lowest BCUT2D eigenvalue weighted by Crippen LogP contribution is -2.16. The maximum atomic E-state index is 12.8. The number of nitro benzene ring substituents is 1. The van der Waals surface area contributed by atoms with Crippen LogP contribution >= 0.6 is 15.9 Å². The van der Waals surface area contributed by atoms with Gasteiger partial charge in [0.15, 0.2) is 5.78 Å². The molecule has 0 spiro atoms. The van der Waals surface area contributed by atoms with E-state index in [1.807, 2.05) is 55.5 Å². The van der Waals surface area contributed by atoms with Gasteiger partial charge in [-0.2, -0.15) is 0 Å². The Bertz CT molecular complexity index is 985. The zero-order valence-electron chi connectivity index (χ0n) is 15.3. The molecule has 0 radical (unpaired) electrons. The first-order valence-electron chi connectivity index (χ1n) is 8.79. The van der Waals surface area contributed by atoms with Crippen LogP contribution in [0, 0.1) is 17.0 Å². The summed E-state index contributed by atoms with van der Waals surface area (Å²) in [6, 6.07) is 21.0. The molecule has 1 atom stereocenters. The standard InChI is InChI=1S/C22H19BrN2O3/c1-15-5-7-16(8-6-15)22(26)14-21(24-19-11-9-18(23)10-12-19)17-3-2-4-20(13-17)25(27)28/h2-13,21,24H,14H2,1H3. The summed E-state index contributed by atoms with van der Waals surface area (Å²) in [4.78, 5) is 23.6. The fraction of sp³-hybridized carbons (Fsp3) is 0.136. The van der Waals surface area contributed by atoms with Crippen molar-refractivity contribution in [3.63, 3.8) is 0 Å². The summed E-state index contributed by atoms with van der Waals surface area (Å²) in [5, 5.41) is 14.5. The molecule has 0 fully saturated rings. The van der Waals surface area contributed by atoms with Crippen molar-refractivity contribution >= 4 is 33.1 Å². The Morgan fingerprint density at radius 3 is 2.39 bits per heavy atom. The fourth-order valence-corrected chi connectivity index (χ4v) is 3.16. The van der Waals surface area contributed by atoms with Crippen molar-refractivity contribution in [1.29, 1.82) is 0 Å². The Hall–Kier alpha value is -2.99. The molecule has 6 heteroatoms. The second kappa shape index (κ2) is 8.80. The van der Waals surface area contributed by atoms with Crippen molar-refractivity contribution in [3.8, 4) is 0 Å². The second-order valence-electron chi connectivity index (χ2n) is 6.55. The van der Waals surface area contributed by atoms with E-state index in [1.165, 1.54) is 12.1 Å². The van der Waals surface area contributed by atoms with Gasteiger partial charge in [-0.25, -0.2) is 0 Å². The monoisotopic (exact) mass is 438 g/mol. The number of carbonyl (C=O) groups is 1. The summed E-state index contributed by atoms with van der Waals surface area (Å²) < 4.78 is 0.945. The van der Waals surface area contributed by atoms with Gasteiger partial charge in [0.1, 0.15) is 0 Å². The molecule has 0 bridgehead atoms.